The van der Waals surface area contributed by atoms with Crippen LogP contribution in [-0.4, -0.2) is 20.2 Å². The Morgan fingerprint density at radius 1 is 1.33 bits per heavy atom. The van der Waals surface area contributed by atoms with Gasteiger partial charge in [0.25, 0.3) is 0 Å². The molecule has 0 unspecified atom stereocenters. The zero-order valence-electron chi connectivity index (χ0n) is 9.11. The Morgan fingerprint density at radius 3 is 2.67 bits per heavy atom. The van der Waals surface area contributed by atoms with E-state index in [0.717, 1.165) is 16.9 Å². The smallest absolute Gasteiger partial charge is 0.330 e. The Bertz CT molecular complexity index is 380. The van der Waals surface area contributed by atoms with Crippen molar-refractivity contribution in [1.29, 1.82) is 0 Å². The summed E-state index contributed by atoms with van der Waals surface area (Å²) in [7, 11) is 2.95. The molecule has 80 valence electrons. The average Bonchev–Trinajstić information content (AvgIpc) is 2.26. The maximum absolute atomic E-state index is 10.9. The molecule has 0 saturated carbocycles. The minimum atomic E-state index is -0.377. The summed E-state index contributed by atoms with van der Waals surface area (Å²) < 4.78 is 9.69. The summed E-state index contributed by atoms with van der Waals surface area (Å²) in [6.45, 7) is 1.98. The molecule has 0 N–H and O–H groups in total. The maximum Gasteiger partial charge on any atom is 0.330 e. The van der Waals surface area contributed by atoms with Crippen LogP contribution in [0.5, 0.6) is 5.75 Å². The van der Waals surface area contributed by atoms with Crippen molar-refractivity contribution >= 4 is 12.0 Å². The van der Waals surface area contributed by atoms with E-state index in [0.29, 0.717) is 0 Å². The van der Waals surface area contributed by atoms with Crippen LogP contribution in [0, 0.1) is 6.92 Å². The van der Waals surface area contributed by atoms with Gasteiger partial charge in [0.05, 0.1) is 14.2 Å². The molecule has 0 atom stereocenters. The first-order chi connectivity index (χ1) is 7.17. The Morgan fingerprint density at radius 2 is 2.07 bits per heavy atom. The molecule has 3 heteroatoms. The van der Waals surface area contributed by atoms with Crippen molar-refractivity contribution in [2.24, 2.45) is 0 Å². The molecule has 0 aliphatic heterocycles. The third kappa shape index (κ3) is 3.13. The molecule has 0 radical (unpaired) electrons. The highest BCUT2D eigenvalue weighted by Crippen LogP contribution is 2.21. The number of hydrogen-bond acceptors (Lipinski definition) is 3. The molecule has 0 saturated heterocycles. The van der Waals surface area contributed by atoms with Crippen LogP contribution in [-0.2, 0) is 9.53 Å². The van der Waals surface area contributed by atoms with Gasteiger partial charge in [-0.25, -0.2) is 4.79 Å². The van der Waals surface area contributed by atoms with Crippen molar-refractivity contribution in [2.45, 2.75) is 6.92 Å². The van der Waals surface area contributed by atoms with E-state index in [9.17, 15) is 4.79 Å². The van der Waals surface area contributed by atoms with E-state index in [1.54, 1.807) is 13.2 Å². The van der Waals surface area contributed by atoms with E-state index in [1.807, 2.05) is 25.1 Å². The second-order valence-corrected chi connectivity index (χ2v) is 3.10. The third-order valence-electron chi connectivity index (χ3n) is 1.99. The van der Waals surface area contributed by atoms with Gasteiger partial charge in [-0.1, -0.05) is 12.1 Å². The van der Waals surface area contributed by atoms with Gasteiger partial charge in [0.15, 0.2) is 0 Å². The van der Waals surface area contributed by atoms with E-state index in [-0.39, 0.29) is 5.97 Å². The van der Waals surface area contributed by atoms with Gasteiger partial charge >= 0.3 is 5.97 Å². The van der Waals surface area contributed by atoms with Gasteiger partial charge in [0.2, 0.25) is 0 Å². The van der Waals surface area contributed by atoms with Crippen LogP contribution in [0.15, 0.2) is 24.3 Å². The highest BCUT2D eigenvalue weighted by Gasteiger charge is 2.00. The fourth-order valence-corrected chi connectivity index (χ4v) is 1.18. The number of carbonyl (C=O) groups excluding carboxylic acids is 1. The van der Waals surface area contributed by atoms with Crippen molar-refractivity contribution in [3.05, 3.63) is 35.4 Å². The number of aryl methyl sites for hydroxylation is 1. The minimum absolute atomic E-state index is 0.377. The summed E-state index contributed by atoms with van der Waals surface area (Å²) in [6.07, 6.45) is 3.04. The number of carbonyl (C=O) groups is 1. The zero-order chi connectivity index (χ0) is 11.3. The molecule has 0 amide bonds. The molecule has 0 fully saturated rings. The molecule has 0 aliphatic rings. The van der Waals surface area contributed by atoms with E-state index in [2.05, 4.69) is 4.74 Å². The van der Waals surface area contributed by atoms with Crippen molar-refractivity contribution in [3.8, 4) is 5.75 Å². The van der Waals surface area contributed by atoms with Gasteiger partial charge in [-0.15, -0.1) is 0 Å². The first kappa shape index (κ1) is 11.3. The summed E-state index contributed by atoms with van der Waals surface area (Å²) in [4.78, 5) is 10.9. The van der Waals surface area contributed by atoms with Gasteiger partial charge in [-0.3, -0.25) is 0 Å². The van der Waals surface area contributed by atoms with E-state index >= 15 is 0 Å². The molecule has 0 aliphatic carbocycles. The molecule has 1 aromatic carbocycles. The summed E-state index contributed by atoms with van der Waals surface area (Å²) in [5.41, 5.74) is 1.97. The van der Waals surface area contributed by atoms with Gasteiger partial charge in [-0.2, -0.15) is 0 Å². The lowest BCUT2D eigenvalue weighted by molar-refractivity contribution is -0.134. The van der Waals surface area contributed by atoms with Crippen molar-refractivity contribution in [2.75, 3.05) is 14.2 Å². The summed E-state index contributed by atoms with van der Waals surface area (Å²) >= 11 is 0. The number of methoxy groups -OCH3 is 2. The number of hydrogen-bond donors (Lipinski definition) is 0. The Balaban J connectivity index is 2.94. The molecule has 0 bridgehead atoms. The monoisotopic (exact) mass is 207 g/mol. The predicted octanol–water partition coefficient (Wildman–Crippen LogP) is 2.19. The summed E-state index contributed by atoms with van der Waals surface area (Å²) in [5, 5.41) is 0. The van der Waals surface area contributed by atoms with E-state index < -0.39 is 0 Å². The largest absolute Gasteiger partial charge is 0.496 e. The number of benzene rings is 1. The Labute approximate surface area is 89.3 Å². The summed E-state index contributed by atoms with van der Waals surface area (Å²) in [6, 6.07) is 5.77. The van der Waals surface area contributed by atoms with Crippen LogP contribution in [0.3, 0.4) is 0 Å². The van der Waals surface area contributed by atoms with Crippen LogP contribution in [0.2, 0.25) is 0 Å². The van der Waals surface area contributed by atoms with Crippen LogP contribution in [0.25, 0.3) is 6.08 Å². The molecule has 1 rings (SSSR count). The lowest BCUT2D eigenvalue weighted by Crippen LogP contribution is -1.94. The highest BCUT2D eigenvalue weighted by molar-refractivity contribution is 5.87. The van der Waals surface area contributed by atoms with Gasteiger partial charge in [0.1, 0.15) is 5.75 Å². The van der Waals surface area contributed by atoms with Crippen LogP contribution in [0.4, 0.5) is 0 Å². The van der Waals surface area contributed by atoms with E-state index in [1.165, 1.54) is 13.2 Å². The average molecular weight is 207 g/mol. The van der Waals surface area contributed by atoms with Crippen LogP contribution < -0.4 is 4.74 Å². The molecule has 3 nitrogen and oxygen atoms in total. The minimum Gasteiger partial charge on any atom is -0.496 e. The zero-order valence-corrected chi connectivity index (χ0v) is 9.11. The van der Waals surface area contributed by atoms with Gasteiger partial charge in [0, 0.05) is 11.6 Å². The SMILES string of the molecule is COc1cc(C)ccc1/C=C/[13C](=O)OC. The quantitative estimate of drug-likeness (QED) is 0.433. The molecule has 0 heterocycles. The lowest BCUT2D eigenvalue weighted by Gasteiger charge is -2.05. The number of rotatable bonds is 3. The van der Waals surface area contributed by atoms with Crippen LogP contribution >= 0.6 is 0 Å². The maximum atomic E-state index is 10.9. The standard InChI is InChI=1S/C12H14O3/c1-9-4-5-10(11(8-9)14-2)6-7-12(13)15-3/h4-8H,1-3H3/b7-6+/i12+1. The number of esters is 1. The Kier molecular flexibility index (Phi) is 3.92. The van der Waals surface area contributed by atoms with Crippen molar-refractivity contribution in [3.63, 3.8) is 0 Å². The fraction of sp³-hybridized carbons (Fsp3) is 0.250. The lowest BCUT2D eigenvalue weighted by atomic mass is 10.1. The topological polar surface area (TPSA) is 35.5 Å². The number of ether oxygens (including phenoxy) is 2. The first-order valence-electron chi connectivity index (χ1n) is 4.58. The second-order valence-electron chi connectivity index (χ2n) is 3.10. The highest BCUT2D eigenvalue weighted by atomic mass is 16.6. The molecule has 15 heavy (non-hydrogen) atoms. The molecular weight excluding hydrogens is 193 g/mol. The third-order valence-corrected chi connectivity index (χ3v) is 1.99. The normalized spacial score (nSPS) is 10.3. The Hall–Kier alpha value is -1.77. The molecular formula is C12H14O3. The van der Waals surface area contributed by atoms with Crippen molar-refractivity contribution in [1.82, 2.24) is 0 Å². The fourth-order valence-electron chi connectivity index (χ4n) is 1.18. The van der Waals surface area contributed by atoms with Gasteiger partial charge < -0.3 is 9.47 Å². The first-order valence-corrected chi connectivity index (χ1v) is 4.58. The van der Waals surface area contributed by atoms with Crippen molar-refractivity contribution < 1.29 is 14.3 Å². The van der Waals surface area contributed by atoms with E-state index in [4.69, 9.17) is 4.74 Å². The second kappa shape index (κ2) is 5.20. The molecule has 0 aromatic heterocycles. The summed E-state index contributed by atoms with van der Waals surface area (Å²) in [5.74, 6) is 0.368. The van der Waals surface area contributed by atoms with Crippen LogP contribution in [0.1, 0.15) is 11.1 Å². The molecule has 1 aromatic rings. The molecule has 0 spiro atoms. The predicted molar refractivity (Wildman–Crippen MR) is 58.8 cm³/mol. The van der Waals surface area contributed by atoms with Gasteiger partial charge in [-0.05, 0) is 24.6 Å².